The topological polar surface area (TPSA) is 76.5 Å². The fourth-order valence-corrected chi connectivity index (χ4v) is 5.15. The van der Waals surface area contributed by atoms with Crippen LogP contribution in [0.5, 0.6) is 5.75 Å². The van der Waals surface area contributed by atoms with Gasteiger partial charge in [0.1, 0.15) is 22.8 Å². The van der Waals surface area contributed by atoms with Crippen LogP contribution in [-0.2, 0) is 17.9 Å². The molecule has 1 aliphatic carbocycles. The van der Waals surface area contributed by atoms with E-state index in [9.17, 15) is 14.0 Å². The maximum atomic E-state index is 13.8. The molecule has 0 radical (unpaired) electrons. The zero-order chi connectivity index (χ0) is 25.3. The number of ether oxygens (including phenoxy) is 1. The first-order valence-corrected chi connectivity index (χ1v) is 12.5. The molecule has 5 rings (SSSR count). The molecule has 2 amide bonds. The quantitative estimate of drug-likeness (QED) is 0.550. The third-order valence-electron chi connectivity index (χ3n) is 7.37. The minimum Gasteiger partial charge on any atom is -0.497 e. The molecule has 0 spiro atoms. The number of hydrogen-bond donors (Lipinski definition) is 1. The molecule has 1 atom stereocenters. The van der Waals surface area contributed by atoms with Crippen LogP contribution in [0.2, 0.25) is 0 Å². The standard InChI is InChI=1S/C28H31FN4O3/c1-28(27(35)30-22-6-4-3-5-7-22)18-33-25(16-24(31-33)20-10-14-23(36-2)15-11-20)26(34)32(28)17-19-8-12-21(29)13-9-19/h8-16,22H,3-7,17-18H2,1-2H3,(H,30,35)/t28-/m1/s1. The lowest BCUT2D eigenvalue weighted by atomic mass is 9.91. The number of fused-ring (bicyclic) bond motifs is 1. The first-order valence-electron chi connectivity index (χ1n) is 12.5. The van der Waals surface area contributed by atoms with E-state index in [2.05, 4.69) is 5.32 Å². The second kappa shape index (κ2) is 9.76. The number of benzene rings is 2. The molecular formula is C28H31FN4O3. The first-order chi connectivity index (χ1) is 17.4. The average Bonchev–Trinajstić information content (AvgIpc) is 3.32. The number of hydrogen-bond acceptors (Lipinski definition) is 4. The Morgan fingerprint density at radius 3 is 2.47 bits per heavy atom. The molecule has 1 aromatic heterocycles. The van der Waals surface area contributed by atoms with Gasteiger partial charge in [0.05, 0.1) is 19.3 Å². The van der Waals surface area contributed by atoms with Crippen LogP contribution in [0.1, 0.15) is 55.1 Å². The molecule has 0 bridgehead atoms. The van der Waals surface area contributed by atoms with E-state index in [0.29, 0.717) is 11.4 Å². The molecule has 2 heterocycles. The number of amides is 2. The third-order valence-corrected chi connectivity index (χ3v) is 7.37. The van der Waals surface area contributed by atoms with Crippen molar-refractivity contribution in [2.75, 3.05) is 7.11 Å². The Labute approximate surface area is 210 Å². The van der Waals surface area contributed by atoms with Crippen LogP contribution in [0.25, 0.3) is 11.3 Å². The van der Waals surface area contributed by atoms with Gasteiger partial charge in [-0.05, 0) is 67.8 Å². The second-order valence-electron chi connectivity index (χ2n) is 9.90. The molecule has 1 saturated carbocycles. The predicted molar refractivity (Wildman–Crippen MR) is 134 cm³/mol. The van der Waals surface area contributed by atoms with E-state index in [-0.39, 0.29) is 36.8 Å². The molecule has 36 heavy (non-hydrogen) atoms. The summed E-state index contributed by atoms with van der Waals surface area (Å²) in [5.41, 5.74) is 1.53. The van der Waals surface area contributed by atoms with Crippen LogP contribution >= 0.6 is 0 Å². The molecule has 2 aromatic carbocycles. The summed E-state index contributed by atoms with van der Waals surface area (Å²) in [4.78, 5) is 29.2. The number of halogens is 1. The number of nitrogens with zero attached hydrogens (tertiary/aromatic N) is 3. The molecule has 7 nitrogen and oxygen atoms in total. The number of aromatic nitrogens is 2. The Balaban J connectivity index is 1.49. The largest absolute Gasteiger partial charge is 0.497 e. The molecular weight excluding hydrogens is 459 g/mol. The van der Waals surface area contributed by atoms with Gasteiger partial charge in [0.15, 0.2) is 0 Å². The summed E-state index contributed by atoms with van der Waals surface area (Å²) in [5, 5.41) is 7.91. The summed E-state index contributed by atoms with van der Waals surface area (Å²) < 4.78 is 20.4. The SMILES string of the molecule is COc1ccc(-c2cc3n(n2)C[C@](C)(C(=O)NC2CCCCC2)N(Cc2ccc(F)cc2)C3=O)cc1. The van der Waals surface area contributed by atoms with Crippen molar-refractivity contribution in [3.63, 3.8) is 0 Å². The second-order valence-corrected chi connectivity index (χ2v) is 9.90. The Morgan fingerprint density at radius 1 is 1.11 bits per heavy atom. The zero-order valence-corrected chi connectivity index (χ0v) is 20.7. The monoisotopic (exact) mass is 490 g/mol. The summed E-state index contributed by atoms with van der Waals surface area (Å²) >= 11 is 0. The van der Waals surface area contributed by atoms with Crippen molar-refractivity contribution in [1.82, 2.24) is 20.0 Å². The van der Waals surface area contributed by atoms with Crippen LogP contribution in [0, 0.1) is 5.82 Å². The fourth-order valence-electron chi connectivity index (χ4n) is 5.15. The van der Waals surface area contributed by atoms with Gasteiger partial charge in [-0.3, -0.25) is 14.3 Å². The van der Waals surface area contributed by atoms with E-state index < -0.39 is 5.54 Å². The van der Waals surface area contributed by atoms with Crippen molar-refractivity contribution in [2.45, 2.75) is 63.7 Å². The lowest BCUT2D eigenvalue weighted by Crippen LogP contribution is -2.64. The van der Waals surface area contributed by atoms with Gasteiger partial charge in [-0.25, -0.2) is 4.39 Å². The van der Waals surface area contributed by atoms with Crippen molar-refractivity contribution in [3.05, 3.63) is 71.7 Å². The number of carbonyl (C=O) groups excluding carboxylic acids is 2. The van der Waals surface area contributed by atoms with Crippen molar-refractivity contribution in [2.24, 2.45) is 0 Å². The van der Waals surface area contributed by atoms with Gasteiger partial charge in [0.2, 0.25) is 5.91 Å². The fraction of sp³-hybridized carbons (Fsp3) is 0.393. The highest BCUT2D eigenvalue weighted by molar-refractivity contribution is 6.00. The maximum absolute atomic E-state index is 13.8. The van der Waals surface area contributed by atoms with Gasteiger partial charge < -0.3 is 15.0 Å². The minimum absolute atomic E-state index is 0.111. The number of rotatable bonds is 6. The summed E-state index contributed by atoms with van der Waals surface area (Å²) in [7, 11) is 1.61. The normalized spacial score (nSPS) is 20.2. The minimum atomic E-state index is -1.15. The van der Waals surface area contributed by atoms with Crippen molar-refractivity contribution < 1.29 is 18.7 Å². The van der Waals surface area contributed by atoms with Crippen molar-refractivity contribution in [1.29, 1.82) is 0 Å². The van der Waals surface area contributed by atoms with Crippen LogP contribution in [0.15, 0.2) is 54.6 Å². The summed E-state index contributed by atoms with van der Waals surface area (Å²) in [6.07, 6.45) is 5.26. The zero-order valence-electron chi connectivity index (χ0n) is 20.7. The Bertz CT molecular complexity index is 1250. The van der Waals surface area contributed by atoms with Gasteiger partial charge in [0.25, 0.3) is 5.91 Å². The maximum Gasteiger partial charge on any atom is 0.273 e. The lowest BCUT2D eigenvalue weighted by Gasteiger charge is -2.44. The van der Waals surface area contributed by atoms with Crippen molar-refractivity contribution in [3.8, 4) is 17.0 Å². The molecule has 0 unspecified atom stereocenters. The summed E-state index contributed by atoms with van der Waals surface area (Å²) in [5.74, 6) is -0.0731. The smallest absolute Gasteiger partial charge is 0.273 e. The highest BCUT2D eigenvalue weighted by Crippen LogP contribution is 2.32. The lowest BCUT2D eigenvalue weighted by molar-refractivity contribution is -0.134. The number of methoxy groups -OCH3 is 1. The van der Waals surface area contributed by atoms with Gasteiger partial charge in [-0.2, -0.15) is 5.10 Å². The molecule has 1 aliphatic heterocycles. The highest BCUT2D eigenvalue weighted by Gasteiger charge is 2.48. The molecule has 8 heteroatoms. The number of nitrogens with one attached hydrogen (secondary N) is 1. The van der Waals surface area contributed by atoms with Gasteiger partial charge in [-0.1, -0.05) is 31.4 Å². The van der Waals surface area contributed by atoms with Crippen molar-refractivity contribution >= 4 is 11.8 Å². The average molecular weight is 491 g/mol. The first kappa shape index (κ1) is 24.0. The predicted octanol–water partition coefficient (Wildman–Crippen LogP) is 4.56. The van der Waals surface area contributed by atoms with Crippen LogP contribution in [0.4, 0.5) is 4.39 Å². The number of carbonyl (C=O) groups is 2. The Morgan fingerprint density at radius 2 is 1.81 bits per heavy atom. The van der Waals surface area contributed by atoms with E-state index in [1.165, 1.54) is 18.6 Å². The van der Waals surface area contributed by atoms with E-state index in [4.69, 9.17) is 9.84 Å². The molecule has 2 aliphatic rings. The molecule has 0 saturated heterocycles. The molecule has 3 aromatic rings. The molecule has 1 fully saturated rings. The van der Waals surface area contributed by atoms with Gasteiger partial charge in [-0.15, -0.1) is 0 Å². The van der Waals surface area contributed by atoms with Crippen LogP contribution < -0.4 is 10.1 Å². The summed E-state index contributed by atoms with van der Waals surface area (Å²) in [6.45, 7) is 2.21. The highest BCUT2D eigenvalue weighted by atomic mass is 19.1. The molecule has 188 valence electrons. The van der Waals surface area contributed by atoms with E-state index in [1.807, 2.05) is 24.3 Å². The van der Waals surface area contributed by atoms with E-state index >= 15 is 0 Å². The van der Waals surface area contributed by atoms with E-state index in [1.54, 1.807) is 41.8 Å². The van der Waals surface area contributed by atoms with Crippen LogP contribution in [-0.4, -0.2) is 45.2 Å². The Hall–Kier alpha value is -3.68. The van der Waals surface area contributed by atoms with Crippen LogP contribution in [0.3, 0.4) is 0 Å². The van der Waals surface area contributed by atoms with Gasteiger partial charge in [0, 0.05) is 18.2 Å². The van der Waals surface area contributed by atoms with E-state index in [0.717, 1.165) is 42.6 Å². The third kappa shape index (κ3) is 4.59. The molecule has 1 N–H and O–H groups in total. The summed E-state index contributed by atoms with van der Waals surface area (Å²) in [6, 6.07) is 15.4. The Kier molecular flexibility index (Phi) is 6.51. The van der Waals surface area contributed by atoms with Gasteiger partial charge >= 0.3 is 0 Å².